The topological polar surface area (TPSA) is 75.2 Å². The van der Waals surface area contributed by atoms with E-state index in [0.29, 0.717) is 18.1 Å². The van der Waals surface area contributed by atoms with Crippen molar-refractivity contribution < 1.29 is 9.59 Å². The summed E-state index contributed by atoms with van der Waals surface area (Å²) in [5, 5.41) is 4.90. The Morgan fingerprint density at radius 1 is 1.33 bits per heavy atom. The van der Waals surface area contributed by atoms with E-state index in [2.05, 4.69) is 15.3 Å². The molecule has 0 aromatic carbocycles. The normalized spacial score (nSPS) is 17.6. The Kier molecular flexibility index (Phi) is 4.89. The molecule has 1 aliphatic heterocycles. The summed E-state index contributed by atoms with van der Waals surface area (Å²) in [5.41, 5.74) is 1.15. The van der Waals surface area contributed by atoms with Gasteiger partial charge in [0.1, 0.15) is 11.5 Å². The fourth-order valence-corrected chi connectivity index (χ4v) is 3.62. The van der Waals surface area contributed by atoms with Gasteiger partial charge in [0.2, 0.25) is 0 Å². The molecule has 0 saturated carbocycles. The highest BCUT2D eigenvalue weighted by Gasteiger charge is 2.26. The van der Waals surface area contributed by atoms with E-state index in [1.807, 2.05) is 29.3 Å². The highest BCUT2D eigenvalue weighted by Crippen LogP contribution is 2.17. The second kappa shape index (κ2) is 7.09. The number of thiophene rings is 1. The van der Waals surface area contributed by atoms with Crippen LogP contribution in [-0.2, 0) is 0 Å². The molecule has 1 fully saturated rings. The summed E-state index contributed by atoms with van der Waals surface area (Å²) in [7, 11) is 0. The average Bonchev–Trinajstić information content (AvgIpc) is 3.08. The van der Waals surface area contributed by atoms with E-state index in [1.54, 1.807) is 13.0 Å². The molecular formula is C17H20N4O2S. The number of rotatable bonds is 3. The molecule has 1 N–H and O–H groups in total. The van der Waals surface area contributed by atoms with E-state index in [0.717, 1.165) is 30.0 Å². The lowest BCUT2D eigenvalue weighted by molar-refractivity contribution is 0.0679. The smallest absolute Gasteiger partial charge is 0.270 e. The minimum absolute atomic E-state index is 0.0395. The van der Waals surface area contributed by atoms with Crippen LogP contribution in [0, 0.1) is 13.8 Å². The molecule has 1 saturated heterocycles. The number of amides is 2. The number of nitrogens with one attached hydrogen (secondary N) is 1. The van der Waals surface area contributed by atoms with Crippen molar-refractivity contribution in [1.29, 1.82) is 0 Å². The van der Waals surface area contributed by atoms with Gasteiger partial charge in [-0.1, -0.05) is 6.07 Å². The number of nitrogens with zero attached hydrogens (tertiary/aromatic N) is 3. The molecule has 0 aliphatic carbocycles. The molecule has 3 heterocycles. The maximum atomic E-state index is 12.5. The number of carbonyl (C=O) groups excluding carboxylic acids is 2. The second-order valence-corrected chi connectivity index (χ2v) is 6.93. The van der Waals surface area contributed by atoms with Crippen LogP contribution in [0.4, 0.5) is 0 Å². The molecule has 1 unspecified atom stereocenters. The Hall–Kier alpha value is -2.28. The zero-order valence-electron chi connectivity index (χ0n) is 13.8. The molecule has 126 valence electrons. The van der Waals surface area contributed by atoms with Crippen molar-refractivity contribution in [1.82, 2.24) is 20.2 Å². The van der Waals surface area contributed by atoms with Gasteiger partial charge < -0.3 is 10.2 Å². The molecule has 3 rings (SSSR count). The van der Waals surface area contributed by atoms with Crippen molar-refractivity contribution in [3.63, 3.8) is 0 Å². The monoisotopic (exact) mass is 344 g/mol. The highest BCUT2D eigenvalue weighted by molar-refractivity contribution is 7.12. The molecule has 2 aromatic rings. The molecule has 0 radical (unpaired) electrons. The number of carbonyl (C=O) groups is 2. The van der Waals surface area contributed by atoms with Crippen LogP contribution >= 0.6 is 11.3 Å². The van der Waals surface area contributed by atoms with E-state index in [4.69, 9.17) is 0 Å². The third-order valence-corrected chi connectivity index (χ3v) is 4.83. The van der Waals surface area contributed by atoms with Gasteiger partial charge in [-0.25, -0.2) is 9.97 Å². The lowest BCUT2D eigenvalue weighted by atomic mass is 10.1. The van der Waals surface area contributed by atoms with Gasteiger partial charge in [-0.05, 0) is 44.2 Å². The standard InChI is InChI=1S/C17H20N4O2S/c1-11-9-14(19-12(2)18-11)16(22)20-13-5-3-7-21(10-13)17(23)15-6-4-8-24-15/h4,6,8-9,13H,3,5,7,10H2,1-2H3,(H,20,22). The summed E-state index contributed by atoms with van der Waals surface area (Å²) >= 11 is 1.44. The first-order valence-electron chi connectivity index (χ1n) is 7.99. The number of hydrogen-bond acceptors (Lipinski definition) is 5. The summed E-state index contributed by atoms with van der Waals surface area (Å²) < 4.78 is 0. The van der Waals surface area contributed by atoms with E-state index < -0.39 is 0 Å². The first-order chi connectivity index (χ1) is 11.5. The maximum absolute atomic E-state index is 12.5. The van der Waals surface area contributed by atoms with Crippen LogP contribution in [0.3, 0.4) is 0 Å². The van der Waals surface area contributed by atoms with Gasteiger partial charge in [0.15, 0.2) is 0 Å². The first-order valence-corrected chi connectivity index (χ1v) is 8.87. The molecular weight excluding hydrogens is 324 g/mol. The maximum Gasteiger partial charge on any atom is 0.270 e. The summed E-state index contributed by atoms with van der Waals surface area (Å²) in [6.07, 6.45) is 1.74. The number of likely N-dealkylation sites (tertiary alicyclic amines) is 1. The largest absolute Gasteiger partial charge is 0.346 e. The molecule has 6 nitrogen and oxygen atoms in total. The zero-order valence-corrected chi connectivity index (χ0v) is 14.6. The van der Waals surface area contributed by atoms with Crippen molar-refractivity contribution in [3.8, 4) is 0 Å². The highest BCUT2D eigenvalue weighted by atomic mass is 32.1. The van der Waals surface area contributed by atoms with E-state index in [9.17, 15) is 9.59 Å². The van der Waals surface area contributed by atoms with Crippen LogP contribution in [0.2, 0.25) is 0 Å². The predicted molar refractivity (Wildman–Crippen MR) is 92.2 cm³/mol. The fraction of sp³-hybridized carbons (Fsp3) is 0.412. The van der Waals surface area contributed by atoms with Gasteiger partial charge >= 0.3 is 0 Å². The van der Waals surface area contributed by atoms with Crippen molar-refractivity contribution in [2.75, 3.05) is 13.1 Å². The molecule has 1 aliphatic rings. The van der Waals surface area contributed by atoms with Crippen LogP contribution < -0.4 is 5.32 Å². The van der Waals surface area contributed by atoms with E-state index >= 15 is 0 Å². The van der Waals surface area contributed by atoms with Crippen molar-refractivity contribution >= 4 is 23.2 Å². The Morgan fingerprint density at radius 3 is 2.88 bits per heavy atom. The quantitative estimate of drug-likeness (QED) is 0.926. The van der Waals surface area contributed by atoms with Crippen LogP contribution in [0.1, 0.15) is 44.5 Å². The zero-order chi connectivity index (χ0) is 17.1. The lowest BCUT2D eigenvalue weighted by Crippen LogP contribution is -2.49. The molecule has 2 amide bonds. The Bertz CT molecular complexity index is 725. The van der Waals surface area contributed by atoms with Gasteiger partial charge in [0.25, 0.3) is 11.8 Å². The molecule has 0 bridgehead atoms. The summed E-state index contributed by atoms with van der Waals surface area (Å²) in [4.78, 5) is 35.8. The van der Waals surface area contributed by atoms with Gasteiger partial charge in [0, 0.05) is 24.8 Å². The van der Waals surface area contributed by atoms with E-state index in [1.165, 1.54) is 11.3 Å². The van der Waals surface area contributed by atoms with Crippen LogP contribution in [-0.4, -0.2) is 45.8 Å². The third kappa shape index (κ3) is 3.79. The summed E-state index contributed by atoms with van der Waals surface area (Å²) in [6, 6.07) is 5.34. The number of aromatic nitrogens is 2. The van der Waals surface area contributed by atoms with Gasteiger partial charge in [0.05, 0.1) is 4.88 Å². The number of aryl methyl sites for hydroxylation is 2. The van der Waals surface area contributed by atoms with Crippen LogP contribution in [0.25, 0.3) is 0 Å². The summed E-state index contributed by atoms with van der Waals surface area (Å²) in [5.74, 6) is 0.412. The Labute approximate surface area is 144 Å². The molecule has 7 heteroatoms. The van der Waals surface area contributed by atoms with Crippen LogP contribution in [0.5, 0.6) is 0 Å². The number of piperidine rings is 1. The molecule has 24 heavy (non-hydrogen) atoms. The molecule has 0 spiro atoms. The lowest BCUT2D eigenvalue weighted by Gasteiger charge is -2.32. The van der Waals surface area contributed by atoms with Crippen molar-refractivity contribution in [2.24, 2.45) is 0 Å². The Balaban J connectivity index is 1.64. The minimum Gasteiger partial charge on any atom is -0.346 e. The van der Waals surface area contributed by atoms with Gasteiger partial charge in [-0.15, -0.1) is 11.3 Å². The first kappa shape index (κ1) is 16.6. The van der Waals surface area contributed by atoms with Crippen molar-refractivity contribution in [3.05, 3.63) is 45.7 Å². The fourth-order valence-electron chi connectivity index (χ4n) is 2.93. The predicted octanol–water partition coefficient (Wildman–Crippen LogP) is 2.19. The van der Waals surface area contributed by atoms with Gasteiger partial charge in [-0.2, -0.15) is 0 Å². The van der Waals surface area contributed by atoms with E-state index in [-0.39, 0.29) is 17.9 Å². The third-order valence-electron chi connectivity index (χ3n) is 3.97. The Morgan fingerprint density at radius 2 is 2.17 bits per heavy atom. The number of hydrogen-bond donors (Lipinski definition) is 1. The van der Waals surface area contributed by atoms with Crippen molar-refractivity contribution in [2.45, 2.75) is 32.7 Å². The summed E-state index contributed by atoms with van der Waals surface area (Å²) in [6.45, 7) is 4.87. The minimum atomic E-state index is -0.209. The SMILES string of the molecule is Cc1cc(C(=O)NC2CCCN(C(=O)c3cccs3)C2)nc(C)n1. The van der Waals surface area contributed by atoms with Gasteiger partial charge in [-0.3, -0.25) is 9.59 Å². The second-order valence-electron chi connectivity index (χ2n) is 5.98. The average molecular weight is 344 g/mol. The molecule has 1 atom stereocenters. The molecule has 2 aromatic heterocycles. The van der Waals surface area contributed by atoms with Crippen LogP contribution in [0.15, 0.2) is 23.6 Å².